The lowest BCUT2D eigenvalue weighted by molar-refractivity contribution is 0.141. The van der Waals surface area contributed by atoms with E-state index in [4.69, 9.17) is 0 Å². The number of hydrogen-bond acceptors (Lipinski definition) is 2. The van der Waals surface area contributed by atoms with E-state index in [0.29, 0.717) is 5.92 Å². The van der Waals surface area contributed by atoms with E-state index in [-0.39, 0.29) is 6.10 Å². The van der Waals surface area contributed by atoms with Gasteiger partial charge in [-0.3, -0.25) is 0 Å². The van der Waals surface area contributed by atoms with Crippen LogP contribution in [0, 0.1) is 5.92 Å². The van der Waals surface area contributed by atoms with Crippen LogP contribution in [0.2, 0.25) is 0 Å². The zero-order valence-corrected chi connectivity index (χ0v) is 6.17. The Hall–Kier alpha value is -0.0800. The average Bonchev–Trinajstić information content (AvgIpc) is 2.10. The van der Waals surface area contributed by atoms with Gasteiger partial charge in [0, 0.05) is 13.1 Å². The van der Waals surface area contributed by atoms with Crippen LogP contribution >= 0.6 is 0 Å². The number of hydrogen-bond donors (Lipinski definition) is 1. The fourth-order valence-electron chi connectivity index (χ4n) is 1.47. The molecule has 2 heteroatoms. The van der Waals surface area contributed by atoms with Crippen molar-refractivity contribution in [3.63, 3.8) is 0 Å². The van der Waals surface area contributed by atoms with Crippen LogP contribution in [0.5, 0.6) is 0 Å². The fraction of sp³-hybridized carbons (Fsp3) is 1.00. The van der Waals surface area contributed by atoms with E-state index in [1.807, 2.05) is 0 Å². The molecule has 1 fully saturated rings. The molecular formula is C7H15NO. The maximum absolute atomic E-state index is 9.32. The summed E-state index contributed by atoms with van der Waals surface area (Å²) in [6.45, 7) is 4.06. The zero-order chi connectivity index (χ0) is 6.85. The number of likely N-dealkylation sites (tertiary alicyclic amines) is 1. The first-order chi connectivity index (χ1) is 4.24. The minimum atomic E-state index is -0.0694. The molecule has 0 spiro atoms. The molecule has 0 aromatic carbocycles. The summed E-state index contributed by atoms with van der Waals surface area (Å²) >= 11 is 0. The largest absolute Gasteiger partial charge is 0.391 e. The summed E-state index contributed by atoms with van der Waals surface area (Å²) in [6.07, 6.45) is 1.03. The number of likely N-dealkylation sites (N-methyl/N-ethyl adjacent to an activating group) is 1. The van der Waals surface area contributed by atoms with Crippen molar-refractivity contribution in [3.8, 4) is 0 Å². The summed E-state index contributed by atoms with van der Waals surface area (Å²) in [4.78, 5) is 2.18. The third-order valence-electron chi connectivity index (χ3n) is 2.11. The molecule has 0 amide bonds. The molecule has 0 radical (unpaired) electrons. The minimum absolute atomic E-state index is 0.0694. The highest BCUT2D eigenvalue weighted by Crippen LogP contribution is 2.17. The molecule has 1 aliphatic heterocycles. The van der Waals surface area contributed by atoms with Crippen molar-refractivity contribution < 1.29 is 5.11 Å². The smallest absolute Gasteiger partial charge is 0.0707 e. The van der Waals surface area contributed by atoms with Crippen molar-refractivity contribution in [3.05, 3.63) is 0 Å². The minimum Gasteiger partial charge on any atom is -0.391 e. The van der Waals surface area contributed by atoms with Gasteiger partial charge in [-0.15, -0.1) is 0 Å². The molecule has 1 aliphatic rings. The average molecular weight is 129 g/mol. The van der Waals surface area contributed by atoms with Gasteiger partial charge in [0.1, 0.15) is 0 Å². The second-order valence-electron chi connectivity index (χ2n) is 2.96. The third-order valence-corrected chi connectivity index (χ3v) is 2.11. The van der Waals surface area contributed by atoms with Gasteiger partial charge < -0.3 is 10.0 Å². The Morgan fingerprint density at radius 3 is 2.44 bits per heavy atom. The van der Waals surface area contributed by atoms with Gasteiger partial charge in [0.2, 0.25) is 0 Å². The summed E-state index contributed by atoms with van der Waals surface area (Å²) in [5, 5.41) is 9.32. The molecule has 0 aliphatic carbocycles. The SMILES string of the molecule is CC[C@@H]1CN(C)C[C@H]1O. The molecule has 2 atom stereocenters. The second kappa shape index (κ2) is 2.67. The van der Waals surface area contributed by atoms with E-state index in [9.17, 15) is 5.11 Å². The number of β-amino-alcohol motifs (C(OH)–C–C–N with tert-alkyl or cyclic N) is 1. The number of aliphatic hydroxyl groups is 1. The molecule has 54 valence electrons. The Labute approximate surface area is 56.5 Å². The first-order valence-electron chi connectivity index (χ1n) is 3.60. The molecular weight excluding hydrogens is 114 g/mol. The summed E-state index contributed by atoms with van der Waals surface area (Å²) in [5.41, 5.74) is 0. The van der Waals surface area contributed by atoms with Crippen LogP contribution in [0.3, 0.4) is 0 Å². The summed E-state index contributed by atoms with van der Waals surface area (Å²) in [7, 11) is 2.05. The number of nitrogens with zero attached hydrogens (tertiary/aromatic N) is 1. The Kier molecular flexibility index (Phi) is 2.09. The highest BCUT2D eigenvalue weighted by Gasteiger charge is 2.26. The topological polar surface area (TPSA) is 23.5 Å². The van der Waals surface area contributed by atoms with Crippen LogP contribution in [-0.4, -0.2) is 36.2 Å². The van der Waals surface area contributed by atoms with Crippen molar-refractivity contribution in [2.75, 3.05) is 20.1 Å². The molecule has 1 saturated heterocycles. The maximum Gasteiger partial charge on any atom is 0.0707 e. The van der Waals surface area contributed by atoms with Gasteiger partial charge in [0.25, 0.3) is 0 Å². The Bertz CT molecular complexity index is 94.9. The van der Waals surface area contributed by atoms with Crippen molar-refractivity contribution in [2.24, 2.45) is 5.92 Å². The van der Waals surface area contributed by atoms with E-state index in [0.717, 1.165) is 19.5 Å². The van der Waals surface area contributed by atoms with Gasteiger partial charge >= 0.3 is 0 Å². The maximum atomic E-state index is 9.32. The van der Waals surface area contributed by atoms with Crippen molar-refractivity contribution >= 4 is 0 Å². The van der Waals surface area contributed by atoms with Crippen molar-refractivity contribution in [1.29, 1.82) is 0 Å². The number of aliphatic hydroxyl groups excluding tert-OH is 1. The monoisotopic (exact) mass is 129 g/mol. The van der Waals surface area contributed by atoms with Gasteiger partial charge in [-0.2, -0.15) is 0 Å². The van der Waals surface area contributed by atoms with Gasteiger partial charge in [0.15, 0.2) is 0 Å². The van der Waals surface area contributed by atoms with Gasteiger partial charge in [0.05, 0.1) is 6.10 Å². The van der Waals surface area contributed by atoms with E-state index in [1.165, 1.54) is 0 Å². The Morgan fingerprint density at radius 2 is 2.22 bits per heavy atom. The van der Waals surface area contributed by atoms with Crippen molar-refractivity contribution in [2.45, 2.75) is 19.4 Å². The molecule has 1 heterocycles. The highest BCUT2D eigenvalue weighted by atomic mass is 16.3. The first-order valence-corrected chi connectivity index (χ1v) is 3.60. The standard InChI is InChI=1S/C7H15NO/c1-3-6-4-8(2)5-7(6)9/h6-7,9H,3-5H2,1-2H3/t6-,7-/m1/s1. The van der Waals surface area contributed by atoms with Gasteiger partial charge in [-0.1, -0.05) is 6.92 Å². The zero-order valence-electron chi connectivity index (χ0n) is 6.17. The van der Waals surface area contributed by atoms with E-state index in [2.05, 4.69) is 18.9 Å². The van der Waals surface area contributed by atoms with Crippen LogP contribution in [0.25, 0.3) is 0 Å². The third kappa shape index (κ3) is 1.43. The molecule has 0 unspecified atom stereocenters. The summed E-state index contributed by atoms with van der Waals surface area (Å²) in [5.74, 6) is 0.523. The summed E-state index contributed by atoms with van der Waals surface area (Å²) < 4.78 is 0. The lowest BCUT2D eigenvalue weighted by Crippen LogP contribution is -2.17. The van der Waals surface area contributed by atoms with E-state index >= 15 is 0 Å². The molecule has 9 heavy (non-hydrogen) atoms. The molecule has 1 N–H and O–H groups in total. The Balaban J connectivity index is 2.38. The van der Waals surface area contributed by atoms with Crippen LogP contribution in [0.4, 0.5) is 0 Å². The van der Waals surface area contributed by atoms with Gasteiger partial charge in [-0.25, -0.2) is 0 Å². The molecule has 0 aromatic rings. The molecule has 0 aromatic heterocycles. The fourth-order valence-corrected chi connectivity index (χ4v) is 1.47. The van der Waals surface area contributed by atoms with Gasteiger partial charge in [-0.05, 0) is 19.4 Å². The molecule has 0 bridgehead atoms. The van der Waals surface area contributed by atoms with Crippen LogP contribution in [0.1, 0.15) is 13.3 Å². The highest BCUT2D eigenvalue weighted by molar-refractivity contribution is 4.80. The number of rotatable bonds is 1. The quantitative estimate of drug-likeness (QED) is 0.551. The predicted molar refractivity (Wildman–Crippen MR) is 37.3 cm³/mol. The van der Waals surface area contributed by atoms with E-state index in [1.54, 1.807) is 0 Å². The first kappa shape index (κ1) is 7.03. The second-order valence-corrected chi connectivity index (χ2v) is 2.96. The lowest BCUT2D eigenvalue weighted by atomic mass is 10.0. The summed E-state index contributed by atoms with van der Waals surface area (Å²) in [6, 6.07) is 0. The molecule has 1 rings (SSSR count). The molecule has 0 saturated carbocycles. The van der Waals surface area contributed by atoms with Crippen molar-refractivity contribution in [1.82, 2.24) is 4.90 Å². The predicted octanol–water partition coefficient (Wildman–Crippen LogP) is 0.319. The van der Waals surface area contributed by atoms with Crippen LogP contribution < -0.4 is 0 Å². The normalized spacial score (nSPS) is 37.7. The Morgan fingerprint density at radius 1 is 1.56 bits per heavy atom. The molecule has 2 nitrogen and oxygen atoms in total. The van der Waals surface area contributed by atoms with E-state index < -0.39 is 0 Å². The van der Waals surface area contributed by atoms with Crippen LogP contribution in [0.15, 0.2) is 0 Å². The lowest BCUT2D eigenvalue weighted by Gasteiger charge is -2.08. The van der Waals surface area contributed by atoms with Crippen LogP contribution in [-0.2, 0) is 0 Å².